The maximum absolute atomic E-state index is 4.36. The Labute approximate surface area is 102 Å². The number of allylic oxidation sites excluding steroid dienone is 5. The van der Waals surface area contributed by atoms with E-state index in [1.807, 2.05) is 0 Å². The SMILES string of the molecule is C=C1C2=CCC=CC3CC23c2cccc(C)c21. The molecule has 0 radical (unpaired) electrons. The van der Waals surface area contributed by atoms with Crippen molar-refractivity contribution < 1.29 is 0 Å². The molecule has 1 aromatic carbocycles. The van der Waals surface area contributed by atoms with Crippen molar-refractivity contribution in [1.82, 2.24) is 0 Å². The minimum atomic E-state index is 0.311. The van der Waals surface area contributed by atoms with Crippen LogP contribution >= 0.6 is 0 Å². The molecule has 0 saturated heterocycles. The highest BCUT2D eigenvalue weighted by Gasteiger charge is 2.61. The summed E-state index contributed by atoms with van der Waals surface area (Å²) < 4.78 is 0. The Balaban J connectivity index is 2.06. The van der Waals surface area contributed by atoms with Gasteiger partial charge in [0.05, 0.1) is 0 Å². The Bertz CT molecular complexity index is 600. The van der Waals surface area contributed by atoms with Gasteiger partial charge in [0.25, 0.3) is 0 Å². The molecule has 3 aliphatic rings. The van der Waals surface area contributed by atoms with Crippen LogP contribution in [0.15, 0.2) is 48.6 Å². The lowest BCUT2D eigenvalue weighted by Crippen LogP contribution is -2.06. The van der Waals surface area contributed by atoms with Gasteiger partial charge in [-0.05, 0) is 53.5 Å². The van der Waals surface area contributed by atoms with E-state index >= 15 is 0 Å². The fourth-order valence-corrected chi connectivity index (χ4v) is 3.86. The lowest BCUT2D eigenvalue weighted by molar-refractivity contribution is 0.819. The van der Waals surface area contributed by atoms with Crippen LogP contribution < -0.4 is 0 Å². The van der Waals surface area contributed by atoms with Crippen LogP contribution in [0.3, 0.4) is 0 Å². The molecular formula is C17H16. The molecule has 1 saturated carbocycles. The molecule has 0 bridgehead atoms. The van der Waals surface area contributed by atoms with E-state index in [0.717, 1.165) is 12.3 Å². The van der Waals surface area contributed by atoms with Crippen LogP contribution in [0.25, 0.3) is 5.57 Å². The summed E-state index contributed by atoms with van der Waals surface area (Å²) in [6.07, 6.45) is 9.47. The van der Waals surface area contributed by atoms with Crippen molar-refractivity contribution >= 4 is 5.57 Å². The lowest BCUT2D eigenvalue weighted by atomic mass is 9.91. The fourth-order valence-electron chi connectivity index (χ4n) is 3.86. The number of rotatable bonds is 0. The molecule has 0 heteroatoms. The van der Waals surface area contributed by atoms with Gasteiger partial charge in [-0.25, -0.2) is 0 Å². The van der Waals surface area contributed by atoms with Gasteiger partial charge in [0.1, 0.15) is 0 Å². The zero-order valence-electron chi connectivity index (χ0n) is 10.2. The molecule has 2 atom stereocenters. The standard InChI is InChI=1S/C17H16/c1-11-6-5-9-15-16(11)12(2)14-8-4-3-7-13-10-17(13,14)15/h3,5-9,13H,2,4,10H2,1H3. The van der Waals surface area contributed by atoms with Crippen LogP contribution in [0.2, 0.25) is 0 Å². The molecule has 1 aromatic rings. The van der Waals surface area contributed by atoms with Gasteiger partial charge < -0.3 is 0 Å². The molecule has 0 N–H and O–H groups in total. The molecule has 0 aliphatic heterocycles. The molecule has 0 amide bonds. The Kier molecular flexibility index (Phi) is 1.57. The first kappa shape index (κ1) is 9.47. The Morgan fingerprint density at radius 2 is 2.24 bits per heavy atom. The van der Waals surface area contributed by atoms with Crippen molar-refractivity contribution in [3.05, 3.63) is 65.3 Å². The smallest absolute Gasteiger partial charge is 0.0281 e. The van der Waals surface area contributed by atoms with E-state index in [-0.39, 0.29) is 0 Å². The molecular weight excluding hydrogens is 204 g/mol. The second kappa shape index (κ2) is 2.81. The number of fused-ring (bicyclic) bond motifs is 1. The molecule has 0 aromatic heterocycles. The molecule has 3 aliphatic carbocycles. The Hall–Kier alpha value is -1.56. The van der Waals surface area contributed by atoms with Crippen molar-refractivity contribution in [2.24, 2.45) is 5.92 Å². The first-order valence-electron chi connectivity index (χ1n) is 6.42. The van der Waals surface area contributed by atoms with Crippen molar-refractivity contribution in [3.63, 3.8) is 0 Å². The zero-order chi connectivity index (χ0) is 11.6. The molecule has 1 fully saturated rings. The lowest BCUT2D eigenvalue weighted by Gasteiger charge is -2.12. The van der Waals surface area contributed by atoms with Crippen molar-refractivity contribution in [2.75, 3.05) is 0 Å². The van der Waals surface area contributed by atoms with Crippen molar-refractivity contribution in [1.29, 1.82) is 0 Å². The number of hydrogen-bond acceptors (Lipinski definition) is 0. The largest absolute Gasteiger partial charge is 0.0908 e. The van der Waals surface area contributed by atoms with Gasteiger partial charge in [-0.15, -0.1) is 0 Å². The number of benzene rings is 1. The molecule has 0 nitrogen and oxygen atoms in total. The van der Waals surface area contributed by atoms with Crippen LogP contribution in [-0.4, -0.2) is 0 Å². The van der Waals surface area contributed by atoms with Gasteiger partial charge in [-0.3, -0.25) is 0 Å². The van der Waals surface area contributed by atoms with Crippen molar-refractivity contribution in [2.45, 2.75) is 25.2 Å². The van der Waals surface area contributed by atoms with Gasteiger partial charge >= 0.3 is 0 Å². The third kappa shape index (κ3) is 0.952. The Morgan fingerprint density at radius 3 is 3.12 bits per heavy atom. The molecule has 2 unspecified atom stereocenters. The fraction of sp³-hybridized carbons (Fsp3) is 0.294. The molecule has 1 spiro atoms. The van der Waals surface area contributed by atoms with E-state index in [1.165, 1.54) is 34.3 Å². The minimum absolute atomic E-state index is 0.311. The van der Waals surface area contributed by atoms with Gasteiger partial charge in [0.2, 0.25) is 0 Å². The summed E-state index contributed by atoms with van der Waals surface area (Å²) >= 11 is 0. The predicted molar refractivity (Wildman–Crippen MR) is 71.8 cm³/mol. The van der Waals surface area contributed by atoms with Crippen LogP contribution in [0.1, 0.15) is 29.5 Å². The summed E-state index contributed by atoms with van der Waals surface area (Å²) in [7, 11) is 0. The predicted octanol–water partition coefficient (Wildman–Crippen LogP) is 4.17. The average molecular weight is 220 g/mol. The highest BCUT2D eigenvalue weighted by Crippen LogP contribution is 2.68. The van der Waals surface area contributed by atoms with Gasteiger partial charge in [0, 0.05) is 5.41 Å². The zero-order valence-corrected chi connectivity index (χ0v) is 10.2. The third-order valence-electron chi connectivity index (χ3n) is 4.70. The summed E-state index contributed by atoms with van der Waals surface area (Å²) in [4.78, 5) is 0. The second-order valence-electron chi connectivity index (χ2n) is 5.54. The van der Waals surface area contributed by atoms with E-state index in [1.54, 1.807) is 0 Å². The van der Waals surface area contributed by atoms with E-state index in [0.29, 0.717) is 5.41 Å². The van der Waals surface area contributed by atoms with Crippen LogP contribution in [0, 0.1) is 12.8 Å². The summed E-state index contributed by atoms with van der Waals surface area (Å²) in [5.74, 6) is 0.719. The summed E-state index contributed by atoms with van der Waals surface area (Å²) in [5, 5.41) is 0. The molecule has 84 valence electrons. The highest BCUT2D eigenvalue weighted by molar-refractivity contribution is 5.92. The Morgan fingerprint density at radius 1 is 1.35 bits per heavy atom. The summed E-state index contributed by atoms with van der Waals surface area (Å²) in [5.41, 5.74) is 7.44. The van der Waals surface area contributed by atoms with Gasteiger partial charge in [0.15, 0.2) is 0 Å². The third-order valence-corrected chi connectivity index (χ3v) is 4.70. The normalized spacial score (nSPS) is 32.4. The van der Waals surface area contributed by atoms with Crippen LogP contribution in [-0.2, 0) is 5.41 Å². The first-order chi connectivity index (χ1) is 8.25. The highest BCUT2D eigenvalue weighted by atomic mass is 14.6. The van der Waals surface area contributed by atoms with Gasteiger partial charge in [-0.2, -0.15) is 0 Å². The van der Waals surface area contributed by atoms with E-state index in [9.17, 15) is 0 Å². The van der Waals surface area contributed by atoms with Crippen LogP contribution in [0.5, 0.6) is 0 Å². The van der Waals surface area contributed by atoms with E-state index in [4.69, 9.17) is 0 Å². The second-order valence-corrected chi connectivity index (χ2v) is 5.54. The van der Waals surface area contributed by atoms with E-state index < -0.39 is 0 Å². The van der Waals surface area contributed by atoms with Gasteiger partial charge in [-0.1, -0.05) is 43.0 Å². The van der Waals surface area contributed by atoms with Crippen molar-refractivity contribution in [3.8, 4) is 0 Å². The maximum atomic E-state index is 4.36. The minimum Gasteiger partial charge on any atom is -0.0908 e. The monoisotopic (exact) mass is 220 g/mol. The number of hydrogen-bond donors (Lipinski definition) is 0. The van der Waals surface area contributed by atoms with E-state index in [2.05, 4.69) is 49.9 Å². The average Bonchev–Trinajstić information content (AvgIpc) is 2.98. The summed E-state index contributed by atoms with van der Waals surface area (Å²) in [6.45, 7) is 6.57. The first-order valence-corrected chi connectivity index (χ1v) is 6.42. The maximum Gasteiger partial charge on any atom is 0.0281 e. The van der Waals surface area contributed by atoms with Crippen LogP contribution in [0.4, 0.5) is 0 Å². The molecule has 17 heavy (non-hydrogen) atoms. The number of aryl methyl sites for hydroxylation is 1. The molecule has 0 heterocycles. The summed E-state index contributed by atoms with van der Waals surface area (Å²) in [6, 6.07) is 6.72. The topological polar surface area (TPSA) is 0 Å². The quantitative estimate of drug-likeness (QED) is 0.576. The molecule has 4 rings (SSSR count).